The molecule has 90 valence electrons. The number of halogens is 1. The Morgan fingerprint density at radius 2 is 2.11 bits per heavy atom. The lowest BCUT2D eigenvalue weighted by Crippen LogP contribution is -2.00. The summed E-state index contributed by atoms with van der Waals surface area (Å²) in [5.41, 5.74) is 0.666. The summed E-state index contributed by atoms with van der Waals surface area (Å²) in [5.74, 6) is 0.214. The van der Waals surface area contributed by atoms with E-state index in [2.05, 4.69) is 15.3 Å². The molecule has 1 aromatic carbocycles. The Kier molecular flexibility index (Phi) is 3.34. The smallest absolute Gasteiger partial charge is 0.183 e. The van der Waals surface area contributed by atoms with E-state index in [4.69, 9.17) is 10.00 Å². The van der Waals surface area contributed by atoms with E-state index in [-0.39, 0.29) is 5.69 Å². The van der Waals surface area contributed by atoms with E-state index in [1.165, 1.54) is 37.7 Å². The summed E-state index contributed by atoms with van der Waals surface area (Å²) in [4.78, 5) is 7.86. The minimum Gasteiger partial charge on any atom is -0.494 e. The normalized spacial score (nSPS) is 9.61. The van der Waals surface area contributed by atoms with Gasteiger partial charge in [0.1, 0.15) is 17.6 Å². The van der Waals surface area contributed by atoms with Crippen LogP contribution >= 0.6 is 0 Å². The second-order valence-corrected chi connectivity index (χ2v) is 3.33. The van der Waals surface area contributed by atoms with Crippen molar-refractivity contribution in [3.8, 4) is 11.8 Å². The third-order valence-corrected chi connectivity index (χ3v) is 2.22. The molecule has 18 heavy (non-hydrogen) atoms. The van der Waals surface area contributed by atoms with Gasteiger partial charge in [0.2, 0.25) is 0 Å². The number of methoxy groups -OCH3 is 1. The van der Waals surface area contributed by atoms with Crippen LogP contribution in [0.3, 0.4) is 0 Å². The Bertz CT molecular complexity index is 609. The highest BCUT2D eigenvalue weighted by Crippen LogP contribution is 2.28. The van der Waals surface area contributed by atoms with Gasteiger partial charge in [-0.15, -0.1) is 0 Å². The summed E-state index contributed by atoms with van der Waals surface area (Å²) in [6, 6.07) is 5.94. The molecule has 0 spiro atoms. The van der Waals surface area contributed by atoms with E-state index < -0.39 is 5.82 Å². The van der Waals surface area contributed by atoms with Crippen LogP contribution in [0.4, 0.5) is 15.9 Å². The Morgan fingerprint density at radius 1 is 1.33 bits per heavy atom. The fourth-order valence-electron chi connectivity index (χ4n) is 1.41. The molecule has 0 unspecified atom stereocenters. The van der Waals surface area contributed by atoms with Crippen molar-refractivity contribution in [1.29, 1.82) is 5.26 Å². The van der Waals surface area contributed by atoms with Crippen molar-refractivity contribution in [2.24, 2.45) is 0 Å². The molecule has 0 amide bonds. The van der Waals surface area contributed by atoms with Crippen LogP contribution in [0.2, 0.25) is 0 Å². The maximum Gasteiger partial charge on any atom is 0.183 e. The van der Waals surface area contributed by atoms with Gasteiger partial charge >= 0.3 is 0 Å². The fourth-order valence-corrected chi connectivity index (χ4v) is 1.41. The molecule has 1 N–H and O–H groups in total. The van der Waals surface area contributed by atoms with E-state index >= 15 is 0 Å². The maximum atomic E-state index is 13.0. The van der Waals surface area contributed by atoms with E-state index in [1.54, 1.807) is 0 Å². The van der Waals surface area contributed by atoms with Crippen LogP contribution in [0.5, 0.6) is 5.75 Å². The number of benzene rings is 1. The quantitative estimate of drug-likeness (QED) is 0.896. The number of nitrogens with zero attached hydrogens (tertiary/aromatic N) is 3. The molecule has 0 fully saturated rings. The average molecular weight is 244 g/mol. The molecule has 5 nitrogen and oxygen atoms in total. The lowest BCUT2D eigenvalue weighted by Gasteiger charge is -2.10. The molecule has 0 aliphatic rings. The van der Waals surface area contributed by atoms with Crippen molar-refractivity contribution in [2.45, 2.75) is 0 Å². The van der Waals surface area contributed by atoms with E-state index in [9.17, 15) is 4.39 Å². The minimum atomic E-state index is -0.406. The molecule has 2 aromatic rings. The van der Waals surface area contributed by atoms with Crippen molar-refractivity contribution >= 4 is 11.5 Å². The van der Waals surface area contributed by atoms with E-state index in [0.29, 0.717) is 17.3 Å². The first-order valence-electron chi connectivity index (χ1n) is 5.06. The number of rotatable bonds is 3. The molecule has 0 atom stereocenters. The summed E-state index contributed by atoms with van der Waals surface area (Å²) in [7, 11) is 1.43. The van der Waals surface area contributed by atoms with Crippen molar-refractivity contribution in [1.82, 2.24) is 9.97 Å². The predicted octanol–water partition coefficient (Wildman–Crippen LogP) is 2.24. The van der Waals surface area contributed by atoms with Crippen LogP contribution in [0.1, 0.15) is 5.69 Å². The second kappa shape index (κ2) is 5.10. The summed E-state index contributed by atoms with van der Waals surface area (Å²) < 4.78 is 18.1. The third-order valence-electron chi connectivity index (χ3n) is 2.22. The molecule has 0 bridgehead atoms. The summed E-state index contributed by atoms with van der Waals surface area (Å²) >= 11 is 0. The van der Waals surface area contributed by atoms with Gasteiger partial charge in [0.15, 0.2) is 11.5 Å². The second-order valence-electron chi connectivity index (χ2n) is 3.33. The van der Waals surface area contributed by atoms with Crippen LogP contribution in [0.15, 0.2) is 30.6 Å². The number of hydrogen-bond acceptors (Lipinski definition) is 5. The number of aromatic nitrogens is 2. The third kappa shape index (κ3) is 2.35. The van der Waals surface area contributed by atoms with Crippen LogP contribution in [0.25, 0.3) is 0 Å². The highest BCUT2D eigenvalue weighted by atomic mass is 19.1. The van der Waals surface area contributed by atoms with Gasteiger partial charge in [-0.3, -0.25) is 0 Å². The van der Waals surface area contributed by atoms with E-state index in [0.717, 1.165) is 0 Å². The molecule has 1 aromatic heterocycles. The number of ether oxygens (including phenoxy) is 1. The molecule has 0 saturated heterocycles. The van der Waals surface area contributed by atoms with Crippen molar-refractivity contribution < 1.29 is 9.13 Å². The maximum absolute atomic E-state index is 13.0. The molecule has 1 heterocycles. The topological polar surface area (TPSA) is 70.8 Å². The van der Waals surface area contributed by atoms with Crippen LogP contribution in [-0.4, -0.2) is 17.1 Å². The zero-order valence-electron chi connectivity index (χ0n) is 9.51. The van der Waals surface area contributed by atoms with Crippen molar-refractivity contribution in [3.63, 3.8) is 0 Å². The van der Waals surface area contributed by atoms with Gasteiger partial charge in [0.05, 0.1) is 12.8 Å². The zero-order valence-corrected chi connectivity index (χ0v) is 9.51. The molecule has 2 rings (SSSR count). The first-order valence-corrected chi connectivity index (χ1v) is 5.06. The first-order chi connectivity index (χ1) is 8.74. The van der Waals surface area contributed by atoms with Gasteiger partial charge < -0.3 is 10.1 Å². The molecule has 0 aliphatic carbocycles. The molecule has 0 saturated carbocycles. The van der Waals surface area contributed by atoms with E-state index in [1.807, 2.05) is 6.07 Å². The average Bonchev–Trinajstić information content (AvgIpc) is 2.41. The highest BCUT2D eigenvalue weighted by molar-refractivity contribution is 5.66. The first kappa shape index (κ1) is 11.8. The van der Waals surface area contributed by atoms with Crippen LogP contribution in [0, 0.1) is 17.1 Å². The minimum absolute atomic E-state index is 0.156. The summed E-state index contributed by atoms with van der Waals surface area (Å²) in [5, 5.41) is 11.8. The number of nitriles is 1. The standard InChI is InChI=1S/C12H9FN4O/c1-18-11-6-8(13)2-3-9(11)17-12-10(7-14)15-4-5-16-12/h2-6H,1H3,(H,16,17). The molecular formula is C12H9FN4O. The highest BCUT2D eigenvalue weighted by Gasteiger charge is 2.09. The number of nitrogens with one attached hydrogen (secondary N) is 1. The fraction of sp³-hybridized carbons (Fsp3) is 0.0833. The Morgan fingerprint density at radius 3 is 2.83 bits per heavy atom. The van der Waals surface area contributed by atoms with Gasteiger partial charge in [-0.1, -0.05) is 0 Å². The van der Waals surface area contributed by atoms with Crippen LogP contribution in [-0.2, 0) is 0 Å². The van der Waals surface area contributed by atoms with Gasteiger partial charge in [0, 0.05) is 18.5 Å². The monoisotopic (exact) mass is 244 g/mol. The van der Waals surface area contributed by atoms with Crippen molar-refractivity contribution in [2.75, 3.05) is 12.4 Å². The molecular weight excluding hydrogens is 235 g/mol. The lowest BCUT2D eigenvalue weighted by atomic mass is 10.2. The predicted molar refractivity (Wildman–Crippen MR) is 63.0 cm³/mol. The van der Waals surface area contributed by atoms with Gasteiger partial charge in [-0.25, -0.2) is 14.4 Å². The SMILES string of the molecule is COc1cc(F)ccc1Nc1nccnc1C#N. The largest absolute Gasteiger partial charge is 0.494 e. The molecule has 0 radical (unpaired) electrons. The Hall–Kier alpha value is -2.68. The summed E-state index contributed by atoms with van der Waals surface area (Å²) in [6.45, 7) is 0. The van der Waals surface area contributed by atoms with Crippen LogP contribution < -0.4 is 10.1 Å². The number of hydrogen-bond donors (Lipinski definition) is 1. The Balaban J connectivity index is 2.37. The zero-order chi connectivity index (χ0) is 13.0. The van der Waals surface area contributed by atoms with Gasteiger partial charge in [-0.2, -0.15) is 5.26 Å². The van der Waals surface area contributed by atoms with Crippen molar-refractivity contribution in [3.05, 3.63) is 42.1 Å². The molecule has 0 aliphatic heterocycles. The molecule has 6 heteroatoms. The van der Waals surface area contributed by atoms with Gasteiger partial charge in [0.25, 0.3) is 0 Å². The Labute approximate surface area is 103 Å². The summed E-state index contributed by atoms with van der Waals surface area (Å²) in [6.07, 6.45) is 2.88. The lowest BCUT2D eigenvalue weighted by molar-refractivity contribution is 0.413. The number of anilines is 2. The van der Waals surface area contributed by atoms with Gasteiger partial charge in [-0.05, 0) is 12.1 Å².